The number of aromatic nitrogens is 1. The van der Waals surface area contributed by atoms with E-state index in [0.717, 1.165) is 6.54 Å². The van der Waals surface area contributed by atoms with Gasteiger partial charge >= 0.3 is 5.97 Å². The molecule has 0 bridgehead atoms. The lowest BCUT2D eigenvalue weighted by Crippen LogP contribution is -2.30. The summed E-state index contributed by atoms with van der Waals surface area (Å²) in [6.45, 7) is 0.923. The van der Waals surface area contributed by atoms with Crippen LogP contribution in [0.25, 0.3) is 0 Å². The molecule has 0 atom stereocenters. The van der Waals surface area contributed by atoms with E-state index in [9.17, 15) is 4.79 Å². The first-order valence-corrected chi connectivity index (χ1v) is 5.58. The van der Waals surface area contributed by atoms with E-state index in [-0.39, 0.29) is 5.69 Å². The van der Waals surface area contributed by atoms with Crippen molar-refractivity contribution in [2.75, 3.05) is 18.5 Å². The molecule has 0 aliphatic heterocycles. The normalized spacial score (nSPS) is 15.6. The third kappa shape index (κ3) is 2.15. The molecule has 86 valence electrons. The molecule has 0 spiro atoms. The number of nitrogens with zero attached hydrogens (tertiary/aromatic N) is 2. The monoisotopic (exact) mass is 220 g/mol. The second kappa shape index (κ2) is 4.51. The minimum atomic E-state index is -0.962. The topological polar surface area (TPSA) is 53.4 Å². The number of rotatable bonds is 4. The first kappa shape index (κ1) is 10.9. The van der Waals surface area contributed by atoms with Crippen molar-refractivity contribution in [3.8, 4) is 0 Å². The second-order valence-electron chi connectivity index (χ2n) is 4.35. The fourth-order valence-corrected chi connectivity index (χ4v) is 2.03. The molecule has 1 saturated carbocycles. The zero-order valence-corrected chi connectivity index (χ0v) is 9.39. The van der Waals surface area contributed by atoms with Crippen LogP contribution in [0.2, 0.25) is 0 Å². The molecule has 1 N–H and O–H groups in total. The van der Waals surface area contributed by atoms with Crippen molar-refractivity contribution in [1.29, 1.82) is 0 Å². The van der Waals surface area contributed by atoms with Crippen molar-refractivity contribution < 1.29 is 9.90 Å². The van der Waals surface area contributed by atoms with Crippen molar-refractivity contribution in [2.45, 2.75) is 19.3 Å². The summed E-state index contributed by atoms with van der Waals surface area (Å²) in [5.41, 5.74) is 0.853. The Kier molecular flexibility index (Phi) is 3.08. The Balaban J connectivity index is 2.14. The Morgan fingerprint density at radius 3 is 2.94 bits per heavy atom. The van der Waals surface area contributed by atoms with E-state index in [1.165, 1.54) is 25.5 Å². The largest absolute Gasteiger partial charge is 0.476 e. The molecular formula is C12H16N2O2. The predicted molar refractivity (Wildman–Crippen MR) is 61.8 cm³/mol. The van der Waals surface area contributed by atoms with Gasteiger partial charge in [0, 0.05) is 19.8 Å². The van der Waals surface area contributed by atoms with Gasteiger partial charge < -0.3 is 10.0 Å². The summed E-state index contributed by atoms with van der Waals surface area (Å²) in [4.78, 5) is 16.9. The van der Waals surface area contributed by atoms with E-state index in [4.69, 9.17) is 5.11 Å². The number of carboxylic acid groups (broad SMARTS) is 1. The lowest BCUT2D eigenvalue weighted by molar-refractivity contribution is 0.0691. The van der Waals surface area contributed by atoms with Crippen molar-refractivity contribution in [2.24, 2.45) is 5.92 Å². The van der Waals surface area contributed by atoms with E-state index in [2.05, 4.69) is 4.98 Å². The molecule has 1 fully saturated rings. The number of carbonyl (C=O) groups is 1. The minimum absolute atomic E-state index is 0.143. The number of hydrogen-bond donors (Lipinski definition) is 1. The zero-order valence-electron chi connectivity index (χ0n) is 9.39. The Morgan fingerprint density at radius 1 is 1.62 bits per heavy atom. The fraction of sp³-hybridized carbons (Fsp3) is 0.500. The van der Waals surface area contributed by atoms with Crippen molar-refractivity contribution in [1.82, 2.24) is 4.98 Å². The van der Waals surface area contributed by atoms with Crippen LogP contribution in [0.3, 0.4) is 0 Å². The summed E-state index contributed by atoms with van der Waals surface area (Å²) in [7, 11) is 1.93. The van der Waals surface area contributed by atoms with Gasteiger partial charge in [-0.1, -0.05) is 6.42 Å². The Labute approximate surface area is 94.9 Å². The highest BCUT2D eigenvalue weighted by atomic mass is 16.4. The van der Waals surface area contributed by atoms with Gasteiger partial charge in [0.05, 0.1) is 5.69 Å². The summed E-state index contributed by atoms with van der Waals surface area (Å²) < 4.78 is 0. The number of anilines is 1. The van der Waals surface area contributed by atoms with E-state index in [1.54, 1.807) is 6.07 Å². The van der Waals surface area contributed by atoms with Crippen LogP contribution in [0.4, 0.5) is 5.69 Å². The smallest absolute Gasteiger partial charge is 0.356 e. The van der Waals surface area contributed by atoms with E-state index < -0.39 is 5.97 Å². The molecule has 1 heterocycles. The molecule has 1 aliphatic rings. The SMILES string of the molecule is CN(CC1CCC1)c1cccnc1C(=O)O. The van der Waals surface area contributed by atoms with Gasteiger partial charge in [-0.2, -0.15) is 0 Å². The van der Waals surface area contributed by atoms with E-state index in [1.807, 2.05) is 18.0 Å². The van der Waals surface area contributed by atoms with Crippen LogP contribution < -0.4 is 4.90 Å². The highest BCUT2D eigenvalue weighted by Gasteiger charge is 2.21. The molecular weight excluding hydrogens is 204 g/mol. The lowest BCUT2D eigenvalue weighted by Gasteiger charge is -2.31. The maximum Gasteiger partial charge on any atom is 0.356 e. The fourth-order valence-electron chi connectivity index (χ4n) is 2.03. The number of hydrogen-bond acceptors (Lipinski definition) is 3. The quantitative estimate of drug-likeness (QED) is 0.843. The maximum atomic E-state index is 11.0. The first-order valence-electron chi connectivity index (χ1n) is 5.58. The third-order valence-electron chi connectivity index (χ3n) is 3.16. The number of carboxylic acids is 1. The van der Waals surface area contributed by atoms with E-state index >= 15 is 0 Å². The van der Waals surface area contributed by atoms with Crippen molar-refractivity contribution in [3.05, 3.63) is 24.0 Å². The van der Waals surface area contributed by atoms with Crippen LogP contribution in [0.5, 0.6) is 0 Å². The molecule has 0 saturated heterocycles. The van der Waals surface area contributed by atoms with Crippen molar-refractivity contribution >= 4 is 11.7 Å². The van der Waals surface area contributed by atoms with Gasteiger partial charge in [0.2, 0.25) is 0 Å². The van der Waals surface area contributed by atoms with E-state index in [0.29, 0.717) is 11.6 Å². The minimum Gasteiger partial charge on any atom is -0.476 e. The van der Waals surface area contributed by atoms with Crippen molar-refractivity contribution in [3.63, 3.8) is 0 Å². The molecule has 16 heavy (non-hydrogen) atoms. The van der Waals surface area contributed by atoms with Gasteiger partial charge in [0.1, 0.15) is 0 Å². The zero-order chi connectivity index (χ0) is 11.5. The van der Waals surface area contributed by atoms with Gasteiger partial charge in [0.15, 0.2) is 5.69 Å². The molecule has 0 unspecified atom stereocenters. The molecule has 1 aromatic heterocycles. The second-order valence-corrected chi connectivity index (χ2v) is 4.35. The van der Waals surface area contributed by atoms with Gasteiger partial charge in [-0.3, -0.25) is 0 Å². The van der Waals surface area contributed by atoms with Gasteiger partial charge in [-0.15, -0.1) is 0 Å². The number of pyridine rings is 1. The molecule has 0 amide bonds. The Bertz CT molecular complexity index is 388. The molecule has 2 rings (SSSR count). The molecule has 1 aromatic rings. The standard InChI is InChI=1S/C12H16N2O2/c1-14(8-9-4-2-5-9)10-6-3-7-13-11(10)12(15)16/h3,6-7,9H,2,4-5,8H2,1H3,(H,15,16). The summed E-state index contributed by atoms with van der Waals surface area (Å²) in [6.07, 6.45) is 5.33. The van der Waals surface area contributed by atoms with Crippen LogP contribution >= 0.6 is 0 Å². The molecule has 4 nitrogen and oxygen atoms in total. The lowest BCUT2D eigenvalue weighted by atomic mass is 9.85. The summed E-state index contributed by atoms with van der Waals surface area (Å²) in [5, 5.41) is 9.03. The van der Waals surface area contributed by atoms with Crippen LogP contribution in [-0.2, 0) is 0 Å². The highest BCUT2D eigenvalue weighted by Crippen LogP contribution is 2.28. The Hall–Kier alpha value is -1.58. The van der Waals surface area contributed by atoms with Gasteiger partial charge in [-0.05, 0) is 30.9 Å². The molecule has 4 heteroatoms. The highest BCUT2D eigenvalue weighted by molar-refractivity contribution is 5.92. The summed E-state index contributed by atoms with van der Waals surface area (Å²) in [6, 6.07) is 3.59. The average Bonchev–Trinajstić information content (AvgIpc) is 2.23. The third-order valence-corrected chi connectivity index (χ3v) is 3.16. The Morgan fingerprint density at radius 2 is 2.38 bits per heavy atom. The predicted octanol–water partition coefficient (Wildman–Crippen LogP) is 2.02. The maximum absolute atomic E-state index is 11.0. The van der Waals surface area contributed by atoms with Crippen LogP contribution in [0, 0.1) is 5.92 Å². The summed E-state index contributed by atoms with van der Waals surface area (Å²) >= 11 is 0. The average molecular weight is 220 g/mol. The first-order chi connectivity index (χ1) is 7.68. The summed E-state index contributed by atoms with van der Waals surface area (Å²) in [5.74, 6) is -0.247. The van der Waals surface area contributed by atoms with Gasteiger partial charge in [-0.25, -0.2) is 9.78 Å². The molecule has 1 aliphatic carbocycles. The molecule has 0 aromatic carbocycles. The number of aromatic carboxylic acids is 1. The van der Waals surface area contributed by atoms with Gasteiger partial charge in [0.25, 0.3) is 0 Å². The van der Waals surface area contributed by atoms with Crippen LogP contribution in [0.1, 0.15) is 29.8 Å². The van der Waals surface area contributed by atoms with Crippen LogP contribution in [0.15, 0.2) is 18.3 Å². The van der Waals surface area contributed by atoms with Crippen LogP contribution in [-0.4, -0.2) is 29.7 Å². The molecule has 0 radical (unpaired) electrons.